The van der Waals surface area contributed by atoms with Gasteiger partial charge in [-0.1, -0.05) is 123 Å². The van der Waals surface area contributed by atoms with Gasteiger partial charge in [-0.05, 0) is 120 Å². The molecular formula is C77H111N17O19S2. The Balaban J connectivity index is 1.37. The van der Waals surface area contributed by atoms with E-state index in [2.05, 4.69) is 86.7 Å². The molecule has 13 amide bonds. The van der Waals surface area contributed by atoms with Crippen LogP contribution in [0.2, 0.25) is 0 Å². The number of fused-ring (bicyclic) bond motifs is 1. The van der Waals surface area contributed by atoms with E-state index in [4.69, 9.17) is 17.2 Å². The first-order chi connectivity index (χ1) is 54.6. The fourth-order valence-corrected chi connectivity index (χ4v) is 12.9. The van der Waals surface area contributed by atoms with Crippen molar-refractivity contribution in [1.82, 2.24) is 74.1 Å². The van der Waals surface area contributed by atoms with Crippen molar-refractivity contribution < 1.29 is 90.6 Å². The first kappa shape index (κ1) is 95.1. The molecule has 0 radical (unpaired) electrons. The minimum atomic E-state index is -4.66. The lowest BCUT2D eigenvalue weighted by Gasteiger charge is -2.29. The van der Waals surface area contributed by atoms with Crippen LogP contribution in [0.3, 0.4) is 0 Å². The molecule has 0 spiro atoms. The number of aromatic nitrogens is 1. The first-order valence-corrected chi connectivity index (χ1v) is 40.1. The molecule has 115 heavy (non-hydrogen) atoms. The van der Waals surface area contributed by atoms with E-state index in [9.17, 15) is 76.2 Å². The van der Waals surface area contributed by atoms with Gasteiger partial charge >= 0.3 is 0 Å². The van der Waals surface area contributed by atoms with Crippen molar-refractivity contribution in [2.75, 3.05) is 37.7 Å². The monoisotopic (exact) mass is 1640 g/mol. The molecule has 0 saturated carbocycles. The Labute approximate surface area is 673 Å². The highest BCUT2D eigenvalue weighted by Gasteiger charge is 2.38. The molecule has 5 aromatic rings. The quantitative estimate of drug-likeness (QED) is 0.0101. The van der Waals surface area contributed by atoms with E-state index in [0.29, 0.717) is 52.4 Å². The predicted molar refractivity (Wildman–Crippen MR) is 429 cm³/mol. The fraction of sp³-hybridized carbons (Fsp3) is 0.494. The lowest BCUT2D eigenvalue weighted by molar-refractivity contribution is -0.137. The van der Waals surface area contributed by atoms with Crippen LogP contribution >= 0.6 is 12.6 Å². The van der Waals surface area contributed by atoms with Crippen LogP contribution < -0.4 is 86.3 Å². The second-order valence-corrected chi connectivity index (χ2v) is 30.3. The third-order valence-electron chi connectivity index (χ3n) is 18.5. The van der Waals surface area contributed by atoms with E-state index in [1.807, 2.05) is 0 Å². The van der Waals surface area contributed by atoms with Gasteiger partial charge in [-0.15, -0.1) is 0 Å². The molecule has 36 nitrogen and oxygen atoms in total. The summed E-state index contributed by atoms with van der Waals surface area (Å²) in [6.45, 7) is 7.00. The minimum absolute atomic E-state index is 0.0350. The van der Waals surface area contributed by atoms with E-state index in [-0.39, 0.29) is 69.7 Å². The first-order valence-electron chi connectivity index (χ1n) is 37.8. The third-order valence-corrected chi connectivity index (χ3v) is 19.7. The van der Waals surface area contributed by atoms with E-state index in [1.54, 1.807) is 135 Å². The van der Waals surface area contributed by atoms with E-state index >= 15 is 14.4 Å². The van der Waals surface area contributed by atoms with Gasteiger partial charge in [-0.25, -0.2) is 0 Å². The molecule has 1 heterocycles. The molecule has 0 bridgehead atoms. The van der Waals surface area contributed by atoms with Gasteiger partial charge < -0.3 is 107 Å². The van der Waals surface area contributed by atoms with Crippen LogP contribution in [0.15, 0.2) is 121 Å². The number of hydrogen-bond acceptors (Lipinski definition) is 22. The largest absolute Gasteiger partial charge is 0.394 e. The number of nitrogens with one attached hydrogen (secondary N) is 14. The molecule has 0 aliphatic rings. The van der Waals surface area contributed by atoms with Gasteiger partial charge in [0.2, 0.25) is 76.8 Å². The van der Waals surface area contributed by atoms with E-state index in [1.165, 1.54) is 6.92 Å². The maximum absolute atomic E-state index is 15.2. The summed E-state index contributed by atoms with van der Waals surface area (Å²) < 4.78 is 33.4. The number of aliphatic hydroxyl groups is 3. The Morgan fingerprint density at radius 1 is 0.435 bits per heavy atom. The number of nitrogens with two attached hydrogens (primary N) is 3. The Kier molecular flexibility index (Phi) is 39.7. The SMILES string of the molecule is CC(C)[C@@H](N)C(=O)NCC(=O)N[C@@H](CS)C(=O)N[C@@H](CCCCN)C(=O)N[C@@H](C)C(=O)N[C@H](Cc1ccccc1)C(=O)N[C@@H](Cc1ccccc1)C(=O)N[C@H](Cc1c[nH]c2ccccc12)C(=O)N[C@@H](CCCCN)C(=O)N[C@H](C(=O)N[C@@H](C)C(=O)N[C@H](C(=O)N[C@@H](CO)C(=O)NC(Cc1ccccc1)CS(=O)(=O)O)[C@@H](C)O)[C@@H](C)O. The number of aromatic amines is 1. The number of thiol groups is 1. The Morgan fingerprint density at radius 3 is 1.28 bits per heavy atom. The molecule has 0 fully saturated rings. The summed E-state index contributed by atoms with van der Waals surface area (Å²) in [5, 5.41) is 65.3. The van der Waals surface area contributed by atoms with Gasteiger partial charge in [-0.2, -0.15) is 21.0 Å². The molecule has 38 heteroatoms. The molecule has 1 unspecified atom stereocenters. The topological polar surface area (TPSA) is 587 Å². The van der Waals surface area contributed by atoms with Crippen LogP contribution in [0.25, 0.3) is 10.9 Å². The van der Waals surface area contributed by atoms with Crippen molar-refractivity contribution in [1.29, 1.82) is 0 Å². The number of para-hydroxylation sites is 1. The molecule has 1 aromatic heterocycles. The van der Waals surface area contributed by atoms with Gasteiger partial charge in [0.15, 0.2) is 0 Å². The van der Waals surface area contributed by atoms with Crippen molar-refractivity contribution >= 4 is 110 Å². The molecule has 0 aliphatic carbocycles. The number of rotatable bonds is 49. The predicted octanol–water partition coefficient (Wildman–Crippen LogP) is -3.78. The highest BCUT2D eigenvalue weighted by atomic mass is 32.2. The summed E-state index contributed by atoms with van der Waals surface area (Å²) >= 11 is 4.23. The Hall–Kier alpha value is -10.4. The summed E-state index contributed by atoms with van der Waals surface area (Å²) in [5.41, 5.74) is 20.4. The molecule has 4 aromatic carbocycles. The molecule has 630 valence electrons. The number of amides is 13. The van der Waals surface area contributed by atoms with Crippen molar-refractivity contribution in [2.45, 2.75) is 197 Å². The zero-order chi connectivity index (χ0) is 85.1. The molecule has 0 aliphatic heterocycles. The number of benzene rings is 4. The van der Waals surface area contributed by atoms with Crippen LogP contribution in [0.5, 0.6) is 0 Å². The van der Waals surface area contributed by atoms with Crippen LogP contribution in [-0.4, -0.2) is 239 Å². The van der Waals surface area contributed by atoms with Crippen molar-refractivity contribution in [3.05, 3.63) is 144 Å². The Morgan fingerprint density at radius 2 is 0.817 bits per heavy atom. The van der Waals surface area contributed by atoms with Gasteiger partial charge in [0.05, 0.1) is 37.2 Å². The highest BCUT2D eigenvalue weighted by molar-refractivity contribution is 7.85. The molecule has 0 saturated heterocycles. The lowest BCUT2D eigenvalue weighted by Crippen LogP contribution is -2.62. The van der Waals surface area contributed by atoms with Crippen LogP contribution in [0.4, 0.5) is 0 Å². The summed E-state index contributed by atoms with van der Waals surface area (Å²) in [6, 6.07) is 13.0. The van der Waals surface area contributed by atoms with Crippen LogP contribution in [0.1, 0.15) is 102 Å². The zero-order valence-electron chi connectivity index (χ0n) is 65.1. The maximum Gasteiger partial charge on any atom is 0.266 e. The lowest BCUT2D eigenvalue weighted by atomic mass is 10.00. The normalized spacial score (nSPS) is 15.3. The van der Waals surface area contributed by atoms with Gasteiger partial charge in [0.25, 0.3) is 10.1 Å². The van der Waals surface area contributed by atoms with Crippen molar-refractivity contribution in [2.24, 2.45) is 23.1 Å². The number of carbonyl (C=O) groups excluding carboxylic acids is 13. The number of carbonyl (C=O) groups is 13. The van der Waals surface area contributed by atoms with Crippen LogP contribution in [-0.2, 0) is 98.1 Å². The van der Waals surface area contributed by atoms with E-state index in [0.717, 1.165) is 20.8 Å². The second-order valence-electron chi connectivity index (χ2n) is 28.4. The third kappa shape index (κ3) is 32.4. The summed E-state index contributed by atoms with van der Waals surface area (Å²) in [6.07, 6.45) is -1.30. The molecular weight excluding hydrogens is 1530 g/mol. The zero-order valence-corrected chi connectivity index (χ0v) is 66.8. The average molecular weight is 1640 g/mol. The standard InChI is InChI=1S/C77H111N17O19S2/c1-43(2)63(80)75(108)82-39-62(98)86-61(41-114)74(107)88-55(30-18-20-32-78)68(101)83-44(3)66(99)89-57(35-49-24-12-8-13-25-49)70(103)90-58(36-50-26-14-9-15-27-50)71(104)91-59(37-51-38-81-54-29-17-16-28-53(51)54)72(105)87-56(31-19-21-33-79)69(102)94-64(46(5)96)76(109)84-45(4)67(100)93-65(47(6)97)77(110)92-60(40-95)73(106)85-52(42-115(111,112)113)34-48-22-10-7-11-23-48/h7-17,22-29,38,43-47,52,55-61,63-65,81,95-97,114H,18-21,30-37,39-42,78-80H2,1-6H3,(H,82,108)(H,83,101)(H,84,109)(H,85,106)(H,86,98)(H,87,105)(H,88,107)(H,89,99)(H,90,103)(H,91,104)(H,92,110)(H,93,100)(H,94,102)(H,111,112,113)/t44-,45-,46+,47+,52?,55-,56-,57+,58-,59+,60-,61-,63+,64-,65-/m0/s1. The average Bonchev–Trinajstić information content (AvgIpc) is 1.76. The Bertz CT molecular complexity index is 4170. The van der Waals surface area contributed by atoms with Crippen molar-refractivity contribution in [3.63, 3.8) is 0 Å². The van der Waals surface area contributed by atoms with Gasteiger partial charge in [0.1, 0.15) is 66.5 Å². The number of unbranched alkanes of at least 4 members (excludes halogenated alkanes) is 2. The smallest absolute Gasteiger partial charge is 0.266 e. The number of H-pyrrole nitrogens is 1. The second kappa shape index (κ2) is 48.0. The summed E-state index contributed by atoms with van der Waals surface area (Å²) in [5.74, 6) is -13.6. The maximum atomic E-state index is 15.2. The van der Waals surface area contributed by atoms with Gasteiger partial charge in [-0.3, -0.25) is 66.9 Å². The van der Waals surface area contributed by atoms with Gasteiger partial charge in [0, 0.05) is 48.2 Å². The van der Waals surface area contributed by atoms with E-state index < -0.39 is 197 Å². The van der Waals surface area contributed by atoms with Crippen molar-refractivity contribution in [3.8, 4) is 0 Å². The number of hydrogen-bond donors (Lipinski definition) is 22. The number of aliphatic hydroxyl groups excluding tert-OH is 3. The summed E-state index contributed by atoms with van der Waals surface area (Å²) in [7, 11) is -4.66. The highest BCUT2D eigenvalue weighted by Crippen LogP contribution is 2.21. The fourth-order valence-electron chi connectivity index (χ4n) is 11.9. The van der Waals surface area contributed by atoms with Crippen LogP contribution in [0, 0.1) is 5.92 Å². The molecule has 24 N–H and O–H groups in total. The molecule has 5 rings (SSSR count). The molecule has 15 atom stereocenters. The minimum Gasteiger partial charge on any atom is -0.394 e. The summed E-state index contributed by atoms with van der Waals surface area (Å²) in [4.78, 5) is 185.